The van der Waals surface area contributed by atoms with Crippen molar-refractivity contribution < 1.29 is 44.6 Å². The summed E-state index contributed by atoms with van der Waals surface area (Å²) in [6.07, 6.45) is -3.66. The summed E-state index contributed by atoms with van der Waals surface area (Å²) in [5.41, 5.74) is 2.01. The van der Waals surface area contributed by atoms with Crippen LogP contribution in [-0.2, 0) is 14.5 Å². The number of aromatic amines is 2. The lowest BCUT2D eigenvalue weighted by atomic mass is 9.84. The molecule has 0 unspecified atom stereocenters. The van der Waals surface area contributed by atoms with Crippen LogP contribution in [0.3, 0.4) is 0 Å². The number of hydrogen-bond donors (Lipinski definition) is 9. The molecule has 0 spiro atoms. The number of nitrogens with one attached hydrogen (secondary N) is 4. The maximum absolute atomic E-state index is 12.2. The van der Waals surface area contributed by atoms with Crippen molar-refractivity contribution in [2.45, 2.75) is 91.6 Å². The molecule has 0 aliphatic carbocycles. The first-order chi connectivity index (χ1) is 35.3. The number of carbonyl (C=O) groups is 2. The van der Waals surface area contributed by atoms with Gasteiger partial charge in [-0.05, 0) is 47.4 Å². The van der Waals surface area contributed by atoms with Crippen molar-refractivity contribution in [2.75, 3.05) is 31.5 Å². The van der Waals surface area contributed by atoms with Crippen LogP contribution in [0.4, 0.5) is 11.9 Å². The smallest absolute Gasteiger partial charge is 0.282 e. The number of H-pyrrole nitrogens is 2. The number of ether oxygens (including phenoxy) is 2. The number of aromatic nitrogens is 10. The first kappa shape index (κ1) is 55.3. The standard InChI is InChI=1S/C21H19ClO2.C14H20N6O4S.C13H18N6O5S/c1-23-19-12-8-17(9-13-19)21(22,16-6-4-3-5-7-16)18-10-14-20(24-2)15-11-18;1-4-6-8(21)9(22)13(25-6)20-10-7(18-19-20)12(24)17-14(15-10)16-11(23)5(2)3;1-4(2)10(23)15-13-14-9-6(11(24)16-13)17-18-19(9)12-8(22)7(21)5(3-20)25-12/h3-15H,1-2H3;5-6,8-9,13,21-22H,4H2,1-3H3,(H2,15,16,17,23,24);4-5,7-8,12,20-22H,3H2,1-2H3,(H2,14,15,16,23,24)/t;6-,8-,9-,13-;5-,7-,8-,12-/m.11/s1. The molecule has 394 valence electrons. The Bertz CT molecular complexity index is 2970. The predicted molar refractivity (Wildman–Crippen MR) is 279 cm³/mol. The number of nitrogens with zero attached hydrogens (tertiary/aromatic N) is 8. The van der Waals surface area contributed by atoms with E-state index in [1.54, 1.807) is 41.9 Å². The molecule has 0 radical (unpaired) electrons. The number of rotatable bonds is 13. The lowest BCUT2D eigenvalue weighted by molar-refractivity contribution is -0.119. The normalized spacial score (nSPS) is 21.5. The molecule has 2 saturated heterocycles. The summed E-state index contributed by atoms with van der Waals surface area (Å²) in [6.45, 7) is 8.41. The van der Waals surface area contributed by atoms with Crippen LogP contribution in [0.1, 0.15) is 68.5 Å². The second-order valence-corrected chi connectivity index (χ2v) is 21.0. The fourth-order valence-electron chi connectivity index (χ4n) is 7.82. The molecule has 9 N–H and O–H groups in total. The Morgan fingerprint density at radius 3 is 1.41 bits per heavy atom. The zero-order valence-electron chi connectivity index (χ0n) is 41.2. The van der Waals surface area contributed by atoms with Gasteiger partial charge < -0.3 is 35.0 Å². The number of alkyl halides is 1. The van der Waals surface area contributed by atoms with E-state index in [-0.39, 0.29) is 69.7 Å². The van der Waals surface area contributed by atoms with Crippen molar-refractivity contribution >= 4 is 81.2 Å². The molecule has 0 saturated carbocycles. The highest BCUT2D eigenvalue weighted by Crippen LogP contribution is 2.45. The summed E-state index contributed by atoms with van der Waals surface area (Å²) in [7, 11) is 3.31. The minimum Gasteiger partial charge on any atom is -0.497 e. The first-order valence-electron chi connectivity index (χ1n) is 23.3. The third-order valence-electron chi connectivity index (χ3n) is 12.1. The molecule has 9 rings (SSSR count). The van der Waals surface area contributed by atoms with E-state index in [4.69, 9.17) is 21.1 Å². The zero-order chi connectivity index (χ0) is 53.6. The second-order valence-electron chi connectivity index (χ2n) is 17.7. The number of fused-ring (bicyclic) bond motifs is 2. The maximum Gasteiger partial charge on any atom is 0.282 e. The van der Waals surface area contributed by atoms with E-state index >= 15 is 0 Å². The molecule has 3 aromatic carbocycles. The molecule has 7 aromatic rings. The number of halogens is 1. The summed E-state index contributed by atoms with van der Waals surface area (Å²) in [4.78, 5) is 60.4. The Balaban J connectivity index is 0.000000162. The molecule has 2 aliphatic rings. The second kappa shape index (κ2) is 23.8. The van der Waals surface area contributed by atoms with E-state index < -0.39 is 56.4 Å². The Morgan fingerprint density at radius 1 is 0.662 bits per heavy atom. The number of carbonyl (C=O) groups excluding carboxylic acids is 2. The Labute approximate surface area is 436 Å². The van der Waals surface area contributed by atoms with Crippen molar-refractivity contribution in [3.05, 3.63) is 116 Å². The van der Waals surface area contributed by atoms with E-state index in [9.17, 15) is 44.7 Å². The molecular weight excluding hydrogens is 1020 g/mol. The highest BCUT2D eigenvalue weighted by Gasteiger charge is 2.45. The summed E-state index contributed by atoms with van der Waals surface area (Å²) < 4.78 is 13.1. The van der Waals surface area contributed by atoms with Gasteiger partial charge in [-0.25, -0.2) is 9.36 Å². The van der Waals surface area contributed by atoms with Crippen LogP contribution < -0.4 is 31.2 Å². The highest BCUT2D eigenvalue weighted by molar-refractivity contribution is 8.00. The Morgan fingerprint density at radius 2 is 1.05 bits per heavy atom. The number of benzene rings is 3. The van der Waals surface area contributed by atoms with Crippen molar-refractivity contribution in [1.82, 2.24) is 49.9 Å². The van der Waals surface area contributed by atoms with Crippen LogP contribution in [0.2, 0.25) is 0 Å². The van der Waals surface area contributed by atoms with Gasteiger partial charge in [0.15, 0.2) is 22.3 Å². The summed E-state index contributed by atoms with van der Waals surface area (Å²) in [5.74, 6) is 0.335. The Kier molecular flexibility index (Phi) is 17.8. The Hall–Kier alpha value is -6.45. The SMILES string of the molecule is CC(C)C(=O)Nc1nc2c(nnn2[C@@H]2S[C@H](CO)[C@@H](O)[C@H]2O)c(=O)[nH]1.CC[C@H]1S[C@@H](n2nnc3c(=O)[nH]c(NC(=O)C(C)C)nc32)[C@H](O)[C@@H]1O.COc1ccc(C(Cl)(c2ccccc2)c2ccc(OC)cc2)cc1. The summed E-state index contributed by atoms with van der Waals surface area (Å²) in [5, 5.41) is 68.0. The van der Waals surface area contributed by atoms with Gasteiger partial charge in [0.1, 0.15) is 39.3 Å². The number of hydrogen-bond acceptors (Lipinski definition) is 19. The van der Waals surface area contributed by atoms with Crippen LogP contribution in [0.25, 0.3) is 22.3 Å². The van der Waals surface area contributed by atoms with E-state index in [0.717, 1.165) is 40.0 Å². The van der Waals surface area contributed by atoms with Gasteiger partial charge in [-0.1, -0.05) is 99.6 Å². The van der Waals surface area contributed by atoms with E-state index in [2.05, 4.69) is 51.2 Å². The van der Waals surface area contributed by atoms with Crippen LogP contribution in [0.5, 0.6) is 11.5 Å². The quantitative estimate of drug-likeness (QED) is 0.0589. The van der Waals surface area contributed by atoms with Crippen molar-refractivity contribution in [2.24, 2.45) is 11.8 Å². The zero-order valence-corrected chi connectivity index (χ0v) is 43.5. The monoisotopic (exact) mass is 1080 g/mol. The number of aliphatic hydroxyl groups is 5. The largest absolute Gasteiger partial charge is 0.497 e. The molecule has 8 atom stereocenters. The average molecular weight is 1080 g/mol. The molecule has 4 aromatic heterocycles. The van der Waals surface area contributed by atoms with Crippen molar-refractivity contribution in [3.8, 4) is 11.5 Å². The van der Waals surface area contributed by atoms with Gasteiger partial charge in [-0.2, -0.15) is 9.97 Å². The van der Waals surface area contributed by atoms with Gasteiger partial charge in [0.05, 0.1) is 38.3 Å². The van der Waals surface area contributed by atoms with Crippen LogP contribution >= 0.6 is 35.1 Å². The van der Waals surface area contributed by atoms with Gasteiger partial charge in [0.2, 0.25) is 23.7 Å². The van der Waals surface area contributed by atoms with Crippen LogP contribution in [-0.4, -0.2) is 143 Å². The van der Waals surface area contributed by atoms with Crippen LogP contribution in [0, 0.1) is 11.8 Å². The molecular formula is C48H57ClN12O11S2. The minimum atomic E-state index is -1.22. The maximum atomic E-state index is 12.2. The summed E-state index contributed by atoms with van der Waals surface area (Å²) in [6, 6.07) is 25.8. The summed E-state index contributed by atoms with van der Waals surface area (Å²) >= 11 is 9.68. The van der Waals surface area contributed by atoms with Gasteiger partial charge in [0, 0.05) is 17.1 Å². The number of methoxy groups -OCH3 is 2. The molecule has 2 fully saturated rings. The number of anilines is 2. The van der Waals surface area contributed by atoms with Crippen molar-refractivity contribution in [1.29, 1.82) is 0 Å². The molecule has 0 bridgehead atoms. The molecule has 23 nitrogen and oxygen atoms in total. The third kappa shape index (κ3) is 11.6. The van der Waals surface area contributed by atoms with E-state index in [1.165, 1.54) is 21.1 Å². The van der Waals surface area contributed by atoms with Gasteiger partial charge >= 0.3 is 0 Å². The minimum absolute atomic E-state index is 0.00443. The van der Waals surface area contributed by atoms with Crippen LogP contribution in [0.15, 0.2) is 88.5 Å². The lowest BCUT2D eigenvalue weighted by Gasteiger charge is -2.29. The number of thioether (sulfide) groups is 2. The number of amides is 2. The predicted octanol–water partition coefficient (Wildman–Crippen LogP) is 3.53. The highest BCUT2D eigenvalue weighted by atomic mass is 35.5. The first-order valence-corrected chi connectivity index (χ1v) is 25.6. The molecule has 2 aliphatic heterocycles. The van der Waals surface area contributed by atoms with E-state index in [0.29, 0.717) is 6.42 Å². The molecule has 74 heavy (non-hydrogen) atoms. The van der Waals surface area contributed by atoms with Gasteiger partial charge in [0.25, 0.3) is 11.1 Å². The molecule has 6 heterocycles. The molecule has 2 amide bonds. The average Bonchev–Trinajstić information content (AvgIpc) is 4.17. The number of aliphatic hydroxyl groups excluding tert-OH is 5. The van der Waals surface area contributed by atoms with Gasteiger partial charge in [-0.15, -0.1) is 45.3 Å². The van der Waals surface area contributed by atoms with E-state index in [1.807, 2.05) is 85.8 Å². The third-order valence-corrected chi connectivity index (χ3v) is 16.0. The topological polar surface area (TPSA) is 331 Å². The van der Waals surface area contributed by atoms with Crippen molar-refractivity contribution in [3.63, 3.8) is 0 Å². The van der Waals surface area contributed by atoms with Gasteiger partial charge in [-0.3, -0.25) is 39.8 Å². The fourth-order valence-corrected chi connectivity index (χ4v) is 11.0. The lowest BCUT2D eigenvalue weighted by Crippen LogP contribution is -2.33. The fraction of sp³-hybridized carbons (Fsp3) is 0.417. The molecule has 26 heteroatoms.